The molecule has 0 bridgehead atoms. The van der Waals surface area contributed by atoms with Gasteiger partial charge in [-0.25, -0.2) is 0 Å². The molecule has 0 amide bonds. The molecule has 0 spiro atoms. The van der Waals surface area contributed by atoms with Crippen LogP contribution in [0.3, 0.4) is 0 Å². The summed E-state index contributed by atoms with van der Waals surface area (Å²) in [6, 6.07) is 3.55. The summed E-state index contributed by atoms with van der Waals surface area (Å²) in [5, 5.41) is 0. The van der Waals surface area contributed by atoms with Crippen LogP contribution < -0.4 is 5.56 Å². The third-order valence-corrected chi connectivity index (χ3v) is 2.07. The molecule has 1 aromatic heterocycles. The van der Waals surface area contributed by atoms with E-state index in [2.05, 4.69) is 0 Å². The van der Waals surface area contributed by atoms with Gasteiger partial charge in [0.1, 0.15) is 0 Å². The lowest BCUT2D eigenvalue weighted by Gasteiger charge is -2.05. The van der Waals surface area contributed by atoms with Crippen LogP contribution in [0.1, 0.15) is 5.56 Å². The molecule has 0 unspecified atom stereocenters. The summed E-state index contributed by atoms with van der Waals surface area (Å²) < 4.78 is 6.48. The standard InChI is InChI=1S/C9H12ClNO2/c1-13-6-5-11-4-2-3-8(7-10)9(11)12/h2-4H,5-7H2,1H3. The number of methoxy groups -OCH3 is 1. The van der Waals surface area contributed by atoms with E-state index in [1.807, 2.05) is 6.07 Å². The number of ether oxygens (including phenoxy) is 1. The fourth-order valence-corrected chi connectivity index (χ4v) is 1.26. The quantitative estimate of drug-likeness (QED) is 0.687. The molecular formula is C9H12ClNO2. The second-order valence-corrected chi connectivity index (χ2v) is 2.93. The van der Waals surface area contributed by atoms with Crippen LogP contribution in [0.2, 0.25) is 0 Å². The van der Waals surface area contributed by atoms with Gasteiger partial charge in [0.25, 0.3) is 5.56 Å². The molecule has 0 aliphatic carbocycles. The summed E-state index contributed by atoms with van der Waals surface area (Å²) in [4.78, 5) is 11.5. The van der Waals surface area contributed by atoms with E-state index >= 15 is 0 Å². The Hall–Kier alpha value is -0.800. The van der Waals surface area contributed by atoms with Crippen LogP contribution in [0.25, 0.3) is 0 Å². The van der Waals surface area contributed by atoms with Crippen molar-refractivity contribution in [2.45, 2.75) is 12.4 Å². The van der Waals surface area contributed by atoms with Crippen LogP contribution in [-0.2, 0) is 17.2 Å². The fourth-order valence-electron chi connectivity index (χ4n) is 1.05. The zero-order valence-electron chi connectivity index (χ0n) is 7.50. The SMILES string of the molecule is COCCn1cccc(CCl)c1=O. The van der Waals surface area contributed by atoms with Crippen LogP contribution in [0.5, 0.6) is 0 Å². The molecule has 0 aliphatic heterocycles. The lowest BCUT2D eigenvalue weighted by molar-refractivity contribution is 0.186. The highest BCUT2D eigenvalue weighted by Gasteiger charge is 2.00. The molecule has 1 rings (SSSR count). The first-order valence-electron chi connectivity index (χ1n) is 4.03. The van der Waals surface area contributed by atoms with E-state index in [4.69, 9.17) is 16.3 Å². The summed E-state index contributed by atoms with van der Waals surface area (Å²) in [6.45, 7) is 1.10. The molecule has 0 N–H and O–H groups in total. The Morgan fingerprint density at radius 2 is 2.38 bits per heavy atom. The number of hydrogen-bond donors (Lipinski definition) is 0. The van der Waals surface area contributed by atoms with Crippen LogP contribution in [0.4, 0.5) is 0 Å². The van der Waals surface area contributed by atoms with Gasteiger partial charge in [-0.3, -0.25) is 4.79 Å². The van der Waals surface area contributed by atoms with Crippen molar-refractivity contribution >= 4 is 11.6 Å². The monoisotopic (exact) mass is 201 g/mol. The highest BCUT2D eigenvalue weighted by molar-refractivity contribution is 6.17. The maximum absolute atomic E-state index is 11.5. The molecule has 4 heteroatoms. The van der Waals surface area contributed by atoms with Gasteiger partial charge in [-0.05, 0) is 6.07 Å². The van der Waals surface area contributed by atoms with E-state index in [-0.39, 0.29) is 11.4 Å². The molecule has 3 nitrogen and oxygen atoms in total. The first-order valence-corrected chi connectivity index (χ1v) is 4.56. The Kier molecular flexibility index (Phi) is 3.99. The minimum atomic E-state index is -0.0328. The van der Waals surface area contributed by atoms with Crippen molar-refractivity contribution in [3.63, 3.8) is 0 Å². The predicted octanol–water partition coefficient (Wildman–Crippen LogP) is 1.23. The average molecular weight is 202 g/mol. The van der Waals surface area contributed by atoms with Gasteiger partial charge in [-0.1, -0.05) is 6.07 Å². The van der Waals surface area contributed by atoms with E-state index in [0.29, 0.717) is 18.7 Å². The highest BCUT2D eigenvalue weighted by Crippen LogP contribution is 1.96. The third-order valence-electron chi connectivity index (χ3n) is 1.78. The molecule has 0 aromatic carbocycles. The molecule has 0 aliphatic rings. The molecule has 1 heterocycles. The Morgan fingerprint density at radius 1 is 1.62 bits per heavy atom. The van der Waals surface area contributed by atoms with E-state index in [1.54, 1.807) is 23.9 Å². The first-order chi connectivity index (χ1) is 6.29. The second-order valence-electron chi connectivity index (χ2n) is 2.66. The van der Waals surface area contributed by atoms with Crippen LogP contribution in [0.15, 0.2) is 23.1 Å². The number of halogens is 1. The molecule has 0 saturated carbocycles. The van der Waals surface area contributed by atoms with Gasteiger partial charge < -0.3 is 9.30 Å². The van der Waals surface area contributed by atoms with Crippen molar-refractivity contribution in [2.24, 2.45) is 0 Å². The van der Waals surface area contributed by atoms with Gasteiger partial charge in [0.05, 0.1) is 12.5 Å². The second kappa shape index (κ2) is 5.04. The average Bonchev–Trinajstić information content (AvgIpc) is 2.16. The molecule has 13 heavy (non-hydrogen) atoms. The number of nitrogens with zero attached hydrogens (tertiary/aromatic N) is 1. The number of rotatable bonds is 4. The van der Waals surface area contributed by atoms with Crippen molar-refractivity contribution in [1.29, 1.82) is 0 Å². The number of aromatic nitrogens is 1. The smallest absolute Gasteiger partial charge is 0.255 e. The molecule has 0 fully saturated rings. The van der Waals surface area contributed by atoms with Crippen molar-refractivity contribution in [1.82, 2.24) is 4.57 Å². The Balaban J connectivity index is 2.88. The summed E-state index contributed by atoms with van der Waals surface area (Å²) >= 11 is 5.59. The Labute approximate surface area is 81.9 Å². The van der Waals surface area contributed by atoms with E-state index in [9.17, 15) is 4.79 Å². The van der Waals surface area contributed by atoms with Gasteiger partial charge in [-0.15, -0.1) is 11.6 Å². The Bertz CT molecular complexity index is 322. The minimum absolute atomic E-state index is 0.0328. The number of hydrogen-bond acceptors (Lipinski definition) is 2. The lowest BCUT2D eigenvalue weighted by atomic mass is 10.3. The summed E-state index contributed by atoms with van der Waals surface area (Å²) in [5.41, 5.74) is 0.592. The fraction of sp³-hybridized carbons (Fsp3) is 0.444. The topological polar surface area (TPSA) is 31.2 Å². The van der Waals surface area contributed by atoms with Crippen LogP contribution in [0, 0.1) is 0 Å². The van der Waals surface area contributed by atoms with E-state index in [0.717, 1.165) is 0 Å². The normalized spacial score (nSPS) is 10.3. The third kappa shape index (κ3) is 2.57. The largest absolute Gasteiger partial charge is 0.383 e. The number of alkyl halides is 1. The van der Waals surface area contributed by atoms with Crippen molar-refractivity contribution < 1.29 is 4.74 Å². The minimum Gasteiger partial charge on any atom is -0.383 e. The van der Waals surface area contributed by atoms with Crippen molar-refractivity contribution in [2.75, 3.05) is 13.7 Å². The molecule has 0 atom stereocenters. The van der Waals surface area contributed by atoms with E-state index in [1.165, 1.54) is 0 Å². The maximum Gasteiger partial charge on any atom is 0.255 e. The van der Waals surface area contributed by atoms with Crippen molar-refractivity contribution in [3.05, 3.63) is 34.2 Å². The van der Waals surface area contributed by atoms with Crippen LogP contribution in [-0.4, -0.2) is 18.3 Å². The maximum atomic E-state index is 11.5. The molecule has 1 aromatic rings. The molecule has 72 valence electrons. The van der Waals surface area contributed by atoms with Crippen LogP contribution >= 0.6 is 11.6 Å². The zero-order chi connectivity index (χ0) is 9.68. The van der Waals surface area contributed by atoms with Gasteiger partial charge in [-0.2, -0.15) is 0 Å². The summed E-state index contributed by atoms with van der Waals surface area (Å²) in [6.07, 6.45) is 1.73. The Morgan fingerprint density at radius 3 is 3.00 bits per heavy atom. The number of pyridine rings is 1. The lowest BCUT2D eigenvalue weighted by Crippen LogP contribution is -2.23. The van der Waals surface area contributed by atoms with Gasteiger partial charge >= 0.3 is 0 Å². The van der Waals surface area contributed by atoms with Crippen molar-refractivity contribution in [3.8, 4) is 0 Å². The first kappa shape index (κ1) is 10.3. The summed E-state index contributed by atoms with van der Waals surface area (Å²) in [5.74, 6) is 0.257. The molecule has 0 radical (unpaired) electrons. The van der Waals surface area contributed by atoms with Gasteiger partial charge in [0.15, 0.2) is 0 Å². The van der Waals surface area contributed by atoms with Gasteiger partial charge in [0.2, 0.25) is 0 Å². The van der Waals surface area contributed by atoms with Gasteiger partial charge in [0, 0.05) is 25.4 Å². The van der Waals surface area contributed by atoms with E-state index < -0.39 is 0 Å². The highest BCUT2D eigenvalue weighted by atomic mass is 35.5. The predicted molar refractivity (Wildman–Crippen MR) is 52.1 cm³/mol. The summed E-state index contributed by atoms with van der Waals surface area (Å²) in [7, 11) is 1.61. The zero-order valence-corrected chi connectivity index (χ0v) is 8.25. The molecular weight excluding hydrogens is 190 g/mol. The molecule has 0 saturated heterocycles.